The number of carbonyl (C=O) groups excluding carboxylic acids is 2. The number of thiazole rings is 1. The summed E-state index contributed by atoms with van der Waals surface area (Å²) in [4.78, 5) is 37.1. The number of nitrogens with zero attached hydrogens (tertiary/aromatic N) is 3. The minimum atomic E-state index is -0.165. The number of hydrogen-bond donors (Lipinski definition) is 1. The first-order chi connectivity index (χ1) is 18.5. The number of likely N-dealkylation sites (tertiary alicyclic amines) is 1. The molecule has 0 saturated carbocycles. The standard InChI is InChI=1S/C30H30N4O2S2/c1-3-17-37-29-25(9-6-14-31-29)30(36)34-15-12-22(13-16-34)28-33-26(19-38-28)27(35)32-20(2)23-11-10-21-7-4-5-8-24(21)18-23/h3-11,14,18-20,22H,1,12-13,15-17H2,2H3,(H,32,35). The molecule has 4 aromatic rings. The summed E-state index contributed by atoms with van der Waals surface area (Å²) in [5, 5.41) is 8.97. The van der Waals surface area contributed by atoms with Crippen LogP contribution in [0.1, 0.15) is 63.1 Å². The monoisotopic (exact) mass is 542 g/mol. The molecule has 1 saturated heterocycles. The first-order valence-electron chi connectivity index (χ1n) is 12.8. The Labute approximate surface area is 231 Å². The summed E-state index contributed by atoms with van der Waals surface area (Å²) in [6.07, 6.45) is 5.17. The smallest absolute Gasteiger partial charge is 0.271 e. The van der Waals surface area contributed by atoms with E-state index in [4.69, 9.17) is 0 Å². The lowest BCUT2D eigenvalue weighted by molar-refractivity contribution is 0.0708. The zero-order chi connectivity index (χ0) is 26.5. The number of hydrogen-bond acceptors (Lipinski definition) is 6. The van der Waals surface area contributed by atoms with Gasteiger partial charge in [0, 0.05) is 36.3 Å². The van der Waals surface area contributed by atoms with E-state index < -0.39 is 0 Å². The maximum absolute atomic E-state index is 13.2. The highest BCUT2D eigenvalue weighted by Crippen LogP contribution is 2.32. The molecule has 8 heteroatoms. The van der Waals surface area contributed by atoms with Gasteiger partial charge in [0.2, 0.25) is 0 Å². The minimum absolute atomic E-state index is 0.0185. The van der Waals surface area contributed by atoms with Gasteiger partial charge in [-0.1, -0.05) is 42.5 Å². The molecular weight excluding hydrogens is 512 g/mol. The van der Waals surface area contributed by atoms with Crippen LogP contribution in [-0.2, 0) is 0 Å². The lowest BCUT2D eigenvalue weighted by atomic mass is 9.97. The van der Waals surface area contributed by atoms with Crippen LogP contribution in [0.3, 0.4) is 0 Å². The molecule has 1 aliphatic rings. The van der Waals surface area contributed by atoms with Crippen LogP contribution in [0.4, 0.5) is 0 Å². The molecule has 38 heavy (non-hydrogen) atoms. The normalized spacial score (nSPS) is 14.8. The molecule has 5 rings (SSSR count). The van der Waals surface area contributed by atoms with Crippen molar-refractivity contribution in [2.45, 2.75) is 36.8 Å². The molecule has 1 aliphatic heterocycles. The van der Waals surface area contributed by atoms with E-state index in [1.807, 2.05) is 41.5 Å². The van der Waals surface area contributed by atoms with E-state index in [2.05, 4.69) is 52.2 Å². The molecule has 1 N–H and O–H groups in total. The predicted octanol–water partition coefficient (Wildman–Crippen LogP) is 6.48. The summed E-state index contributed by atoms with van der Waals surface area (Å²) < 4.78 is 0. The lowest BCUT2D eigenvalue weighted by Gasteiger charge is -2.31. The fraction of sp³-hybridized carbons (Fsp3) is 0.267. The van der Waals surface area contributed by atoms with Crippen molar-refractivity contribution < 1.29 is 9.59 Å². The second kappa shape index (κ2) is 11.9. The zero-order valence-electron chi connectivity index (χ0n) is 21.3. The summed E-state index contributed by atoms with van der Waals surface area (Å²) in [6, 6.07) is 18.0. The van der Waals surface area contributed by atoms with Crippen molar-refractivity contribution in [1.82, 2.24) is 20.2 Å². The molecule has 194 valence electrons. The SMILES string of the molecule is C=CCSc1ncccc1C(=O)N1CCC(c2nc(C(=O)NC(C)c3ccc4ccccc4c3)cs2)CC1. The lowest BCUT2D eigenvalue weighted by Crippen LogP contribution is -2.38. The van der Waals surface area contributed by atoms with Crippen LogP contribution in [0.25, 0.3) is 10.8 Å². The third-order valence-corrected chi connectivity index (χ3v) is 8.85. The van der Waals surface area contributed by atoms with Crippen molar-refractivity contribution in [3.05, 3.63) is 101 Å². The highest BCUT2D eigenvalue weighted by Gasteiger charge is 2.28. The molecule has 6 nitrogen and oxygen atoms in total. The van der Waals surface area contributed by atoms with Gasteiger partial charge in [-0.15, -0.1) is 29.7 Å². The van der Waals surface area contributed by atoms with Gasteiger partial charge < -0.3 is 10.2 Å². The Morgan fingerprint density at radius 1 is 1.16 bits per heavy atom. The first kappa shape index (κ1) is 26.1. The van der Waals surface area contributed by atoms with E-state index in [0.29, 0.717) is 30.1 Å². The van der Waals surface area contributed by atoms with Crippen molar-refractivity contribution in [1.29, 1.82) is 0 Å². The Kier molecular flexibility index (Phi) is 8.20. The largest absolute Gasteiger partial charge is 0.344 e. The van der Waals surface area contributed by atoms with E-state index in [1.54, 1.807) is 12.3 Å². The van der Waals surface area contributed by atoms with Crippen molar-refractivity contribution in [3.8, 4) is 0 Å². The van der Waals surface area contributed by atoms with Crippen LogP contribution in [0, 0.1) is 0 Å². The van der Waals surface area contributed by atoms with Gasteiger partial charge in [0.05, 0.1) is 16.6 Å². The fourth-order valence-electron chi connectivity index (χ4n) is 4.72. The molecule has 0 bridgehead atoms. The highest BCUT2D eigenvalue weighted by atomic mass is 32.2. The van der Waals surface area contributed by atoms with Crippen LogP contribution in [0.2, 0.25) is 0 Å². The van der Waals surface area contributed by atoms with Gasteiger partial charge in [0.15, 0.2) is 0 Å². The van der Waals surface area contributed by atoms with E-state index in [0.717, 1.165) is 33.8 Å². The summed E-state index contributed by atoms with van der Waals surface area (Å²) in [7, 11) is 0. The average Bonchev–Trinajstić information content (AvgIpc) is 3.46. The molecule has 0 radical (unpaired) electrons. The number of rotatable bonds is 8. The second-order valence-electron chi connectivity index (χ2n) is 9.39. The summed E-state index contributed by atoms with van der Waals surface area (Å²) >= 11 is 3.05. The van der Waals surface area contributed by atoms with Gasteiger partial charge in [-0.3, -0.25) is 9.59 Å². The van der Waals surface area contributed by atoms with Crippen molar-refractivity contribution >= 4 is 45.7 Å². The number of fused-ring (bicyclic) bond motifs is 1. The molecule has 2 aromatic carbocycles. The first-order valence-corrected chi connectivity index (χ1v) is 14.6. The number of thioether (sulfide) groups is 1. The van der Waals surface area contributed by atoms with E-state index in [9.17, 15) is 9.59 Å². The Hall–Kier alpha value is -3.49. The number of pyridine rings is 1. The Balaban J connectivity index is 1.18. The molecule has 3 heterocycles. The summed E-state index contributed by atoms with van der Waals surface area (Å²) in [6.45, 7) is 7.06. The number of aromatic nitrogens is 2. The minimum Gasteiger partial charge on any atom is -0.344 e. The average molecular weight is 543 g/mol. The van der Waals surface area contributed by atoms with Gasteiger partial charge in [0.25, 0.3) is 11.8 Å². The molecule has 2 amide bonds. The number of nitrogens with one attached hydrogen (secondary N) is 1. The van der Waals surface area contributed by atoms with Crippen LogP contribution in [-0.4, -0.2) is 45.5 Å². The van der Waals surface area contributed by atoms with Gasteiger partial charge in [0.1, 0.15) is 10.7 Å². The predicted molar refractivity (Wildman–Crippen MR) is 155 cm³/mol. The topological polar surface area (TPSA) is 75.2 Å². The third kappa shape index (κ3) is 5.81. The Bertz CT molecular complexity index is 1460. The Morgan fingerprint density at radius 3 is 2.74 bits per heavy atom. The number of piperidine rings is 1. The number of carbonyl (C=O) groups is 2. The molecule has 1 fully saturated rings. The van der Waals surface area contributed by atoms with Crippen molar-refractivity contribution in [3.63, 3.8) is 0 Å². The van der Waals surface area contributed by atoms with Crippen LogP contribution < -0.4 is 5.32 Å². The fourth-order valence-corrected chi connectivity index (χ4v) is 6.41. The quantitative estimate of drug-likeness (QED) is 0.204. The highest BCUT2D eigenvalue weighted by molar-refractivity contribution is 7.99. The van der Waals surface area contributed by atoms with Gasteiger partial charge in [-0.25, -0.2) is 9.97 Å². The number of amides is 2. The number of benzene rings is 2. The maximum atomic E-state index is 13.2. The Morgan fingerprint density at radius 2 is 1.95 bits per heavy atom. The summed E-state index contributed by atoms with van der Waals surface area (Å²) in [5.74, 6) is 0.805. The maximum Gasteiger partial charge on any atom is 0.271 e. The van der Waals surface area contributed by atoms with Crippen LogP contribution in [0.5, 0.6) is 0 Å². The molecule has 1 unspecified atom stereocenters. The van der Waals surface area contributed by atoms with Crippen LogP contribution in [0.15, 0.2) is 83.9 Å². The zero-order valence-corrected chi connectivity index (χ0v) is 22.9. The summed E-state index contributed by atoms with van der Waals surface area (Å²) in [5.41, 5.74) is 2.16. The van der Waals surface area contributed by atoms with Gasteiger partial charge in [-0.05, 0) is 54.3 Å². The van der Waals surface area contributed by atoms with E-state index in [-0.39, 0.29) is 23.8 Å². The molecule has 0 spiro atoms. The molecular formula is C30H30N4O2S2. The van der Waals surface area contributed by atoms with Crippen molar-refractivity contribution in [2.75, 3.05) is 18.8 Å². The molecule has 0 aliphatic carbocycles. The molecule has 2 aromatic heterocycles. The van der Waals surface area contributed by atoms with Gasteiger partial charge in [-0.2, -0.15) is 0 Å². The molecule has 1 atom stereocenters. The van der Waals surface area contributed by atoms with E-state index in [1.165, 1.54) is 28.5 Å². The second-order valence-corrected chi connectivity index (χ2v) is 11.3. The third-order valence-electron chi connectivity index (χ3n) is 6.85. The van der Waals surface area contributed by atoms with E-state index >= 15 is 0 Å². The van der Waals surface area contributed by atoms with Gasteiger partial charge >= 0.3 is 0 Å². The van der Waals surface area contributed by atoms with Crippen LogP contribution >= 0.6 is 23.1 Å². The van der Waals surface area contributed by atoms with Crippen molar-refractivity contribution in [2.24, 2.45) is 0 Å².